The summed E-state index contributed by atoms with van der Waals surface area (Å²) in [5.41, 5.74) is 7.06. The molecule has 0 unspecified atom stereocenters. The second kappa shape index (κ2) is 6.11. The summed E-state index contributed by atoms with van der Waals surface area (Å²) in [5, 5.41) is 5.91. The van der Waals surface area contributed by atoms with Gasteiger partial charge < -0.3 is 5.01 Å². The summed E-state index contributed by atoms with van der Waals surface area (Å²) in [6, 6.07) is 8.77. The number of aryl methyl sites for hydroxylation is 1. The minimum Gasteiger partial charge on any atom is -0.309 e. The Morgan fingerprint density at radius 1 is 1.15 bits per heavy atom. The fourth-order valence-electron chi connectivity index (χ4n) is 2.96. The average molecular weight is 370 g/mol. The van der Waals surface area contributed by atoms with Crippen LogP contribution in [0.3, 0.4) is 0 Å². The van der Waals surface area contributed by atoms with Gasteiger partial charge in [0.15, 0.2) is 0 Å². The second-order valence-corrected chi connectivity index (χ2v) is 7.78. The summed E-state index contributed by atoms with van der Waals surface area (Å²) >= 11 is 0. The second-order valence-electron chi connectivity index (χ2n) is 6.09. The zero-order valence-corrected chi connectivity index (χ0v) is 15.2. The van der Waals surface area contributed by atoms with E-state index in [0.29, 0.717) is 17.9 Å². The van der Waals surface area contributed by atoms with Crippen LogP contribution in [0.2, 0.25) is 0 Å². The Kier molecular flexibility index (Phi) is 3.89. The van der Waals surface area contributed by atoms with Crippen molar-refractivity contribution in [1.29, 1.82) is 0 Å². The number of hydrazine groups is 1. The molecule has 0 fully saturated rings. The van der Waals surface area contributed by atoms with Crippen LogP contribution in [-0.2, 0) is 23.6 Å². The number of para-hydroxylation sites is 1. The molecule has 1 aliphatic heterocycles. The van der Waals surface area contributed by atoms with E-state index in [9.17, 15) is 8.42 Å². The fraction of sp³-hybridized carbons (Fsp3) is 0.176. The molecule has 2 N–H and O–H groups in total. The predicted molar refractivity (Wildman–Crippen MR) is 98.9 cm³/mol. The first-order chi connectivity index (χ1) is 12.4. The van der Waals surface area contributed by atoms with E-state index in [1.165, 1.54) is 6.20 Å². The lowest BCUT2D eigenvalue weighted by molar-refractivity contribution is 0.601. The van der Waals surface area contributed by atoms with Crippen molar-refractivity contribution in [3.63, 3.8) is 0 Å². The van der Waals surface area contributed by atoms with E-state index in [1.54, 1.807) is 29.1 Å². The van der Waals surface area contributed by atoms with Gasteiger partial charge in [0.2, 0.25) is 0 Å². The van der Waals surface area contributed by atoms with Crippen molar-refractivity contribution in [3.05, 3.63) is 54.5 Å². The first-order valence-corrected chi connectivity index (χ1v) is 9.49. The molecule has 0 amide bonds. The van der Waals surface area contributed by atoms with Crippen LogP contribution in [0, 0.1) is 0 Å². The Hall–Kier alpha value is -2.91. The number of nitrogens with zero attached hydrogens (tertiary/aromatic N) is 4. The molecule has 26 heavy (non-hydrogen) atoms. The number of sulfonamides is 1. The van der Waals surface area contributed by atoms with Crippen molar-refractivity contribution >= 4 is 21.4 Å². The maximum Gasteiger partial charge on any atom is 0.263 e. The number of fused-ring (bicyclic) bond motifs is 1. The van der Waals surface area contributed by atoms with Crippen molar-refractivity contribution in [2.24, 2.45) is 7.05 Å². The quantitative estimate of drug-likeness (QED) is 0.727. The van der Waals surface area contributed by atoms with Gasteiger partial charge in [-0.3, -0.25) is 14.4 Å². The van der Waals surface area contributed by atoms with E-state index < -0.39 is 10.0 Å². The van der Waals surface area contributed by atoms with Crippen molar-refractivity contribution in [1.82, 2.24) is 20.2 Å². The van der Waals surface area contributed by atoms with Gasteiger partial charge in [-0.1, -0.05) is 12.1 Å². The molecular formula is C17H18N6O2S. The van der Waals surface area contributed by atoms with Gasteiger partial charge in [0.1, 0.15) is 4.90 Å². The number of aromatic nitrogens is 3. The number of hydrogen-bond donors (Lipinski definition) is 2. The molecule has 0 aliphatic carbocycles. The summed E-state index contributed by atoms with van der Waals surface area (Å²) in [7, 11) is -0.0689. The zero-order chi connectivity index (χ0) is 18.3. The summed E-state index contributed by atoms with van der Waals surface area (Å²) in [6.45, 7) is 0.669. The maximum absolute atomic E-state index is 12.8. The van der Waals surface area contributed by atoms with Gasteiger partial charge in [-0.25, -0.2) is 13.8 Å². The van der Waals surface area contributed by atoms with E-state index in [0.717, 1.165) is 16.8 Å². The predicted octanol–water partition coefficient (Wildman–Crippen LogP) is 1.74. The first-order valence-electron chi connectivity index (χ1n) is 8.01. The molecule has 0 radical (unpaired) electrons. The average Bonchev–Trinajstić information content (AvgIpc) is 3.22. The summed E-state index contributed by atoms with van der Waals surface area (Å²) in [4.78, 5) is 4.37. The van der Waals surface area contributed by atoms with Crippen molar-refractivity contribution < 1.29 is 8.42 Å². The molecule has 8 nitrogen and oxygen atoms in total. The number of benzene rings is 1. The van der Waals surface area contributed by atoms with Crippen molar-refractivity contribution in [2.45, 2.75) is 11.4 Å². The molecule has 0 bridgehead atoms. The highest BCUT2D eigenvalue weighted by molar-refractivity contribution is 7.92. The van der Waals surface area contributed by atoms with E-state index in [2.05, 4.69) is 20.2 Å². The third-order valence-electron chi connectivity index (χ3n) is 4.25. The van der Waals surface area contributed by atoms with Crippen LogP contribution in [0.1, 0.15) is 5.56 Å². The van der Waals surface area contributed by atoms with Gasteiger partial charge in [-0.15, -0.1) is 0 Å². The molecule has 3 aromatic rings. The Balaban J connectivity index is 1.63. The van der Waals surface area contributed by atoms with Crippen molar-refractivity contribution in [2.75, 3.05) is 16.8 Å². The Bertz CT molecular complexity index is 1060. The molecule has 3 heterocycles. The Labute approximate surface area is 151 Å². The summed E-state index contributed by atoms with van der Waals surface area (Å²) in [6.07, 6.45) is 4.87. The Morgan fingerprint density at radius 2 is 2.00 bits per heavy atom. The summed E-state index contributed by atoms with van der Waals surface area (Å²) in [5.74, 6) is 0. The molecule has 0 saturated heterocycles. The standard InChI is InChI=1S/C17H18N6O2S/c1-22-11-13(9-19-22)15-7-6-14(10-18-15)26(24,25)21-16-5-3-4-12-8-20-23(2)17(12)16/h3-7,9-11,20-21H,8H2,1-2H3. The number of pyridine rings is 1. The monoisotopic (exact) mass is 370 g/mol. The Morgan fingerprint density at radius 3 is 2.69 bits per heavy atom. The van der Waals surface area contributed by atoms with Gasteiger partial charge in [-0.2, -0.15) is 5.10 Å². The molecule has 0 atom stereocenters. The lowest BCUT2D eigenvalue weighted by Crippen LogP contribution is -2.27. The topological polar surface area (TPSA) is 92.1 Å². The van der Waals surface area contributed by atoms with E-state index in [4.69, 9.17) is 0 Å². The van der Waals surface area contributed by atoms with Crippen LogP contribution in [0.15, 0.2) is 53.8 Å². The maximum atomic E-state index is 12.8. The first kappa shape index (κ1) is 16.6. The van der Waals surface area contributed by atoms with E-state index >= 15 is 0 Å². The van der Waals surface area contributed by atoms with E-state index in [1.807, 2.05) is 37.4 Å². The highest BCUT2D eigenvalue weighted by atomic mass is 32.2. The van der Waals surface area contributed by atoms with Crippen LogP contribution >= 0.6 is 0 Å². The van der Waals surface area contributed by atoms with Crippen LogP contribution in [0.25, 0.3) is 11.3 Å². The van der Waals surface area contributed by atoms with Crippen LogP contribution < -0.4 is 15.2 Å². The molecule has 134 valence electrons. The molecule has 2 aromatic heterocycles. The SMILES string of the molecule is CN1NCc2cccc(NS(=O)(=O)c3ccc(-c4cnn(C)c4)nc3)c21. The van der Waals surface area contributed by atoms with Crippen LogP contribution in [-0.4, -0.2) is 30.2 Å². The number of anilines is 2. The van der Waals surface area contributed by atoms with Crippen LogP contribution in [0.5, 0.6) is 0 Å². The fourth-order valence-corrected chi connectivity index (χ4v) is 3.97. The lowest BCUT2D eigenvalue weighted by Gasteiger charge is -2.17. The molecule has 1 aromatic carbocycles. The normalized spacial score (nSPS) is 13.7. The minimum absolute atomic E-state index is 0.108. The third-order valence-corrected chi connectivity index (χ3v) is 5.60. The van der Waals surface area contributed by atoms with Gasteiger partial charge in [-0.05, 0) is 23.8 Å². The molecule has 0 spiro atoms. The van der Waals surface area contributed by atoms with Gasteiger partial charge >= 0.3 is 0 Å². The highest BCUT2D eigenvalue weighted by Crippen LogP contribution is 2.33. The minimum atomic E-state index is -3.74. The van der Waals surface area contributed by atoms with Crippen LogP contribution in [0.4, 0.5) is 11.4 Å². The molecule has 9 heteroatoms. The van der Waals surface area contributed by atoms with Gasteiger partial charge in [0.25, 0.3) is 10.0 Å². The van der Waals surface area contributed by atoms with Gasteiger partial charge in [0, 0.05) is 38.6 Å². The highest BCUT2D eigenvalue weighted by Gasteiger charge is 2.23. The number of nitrogens with one attached hydrogen (secondary N) is 2. The molecular weight excluding hydrogens is 352 g/mol. The molecule has 0 saturated carbocycles. The number of rotatable bonds is 4. The smallest absolute Gasteiger partial charge is 0.263 e. The molecule has 1 aliphatic rings. The van der Waals surface area contributed by atoms with E-state index in [-0.39, 0.29) is 4.90 Å². The molecule has 4 rings (SSSR count). The zero-order valence-electron chi connectivity index (χ0n) is 14.3. The summed E-state index contributed by atoms with van der Waals surface area (Å²) < 4.78 is 29.8. The number of hydrogen-bond acceptors (Lipinski definition) is 6. The van der Waals surface area contributed by atoms with Crippen molar-refractivity contribution in [3.8, 4) is 11.3 Å². The van der Waals surface area contributed by atoms with Gasteiger partial charge in [0.05, 0.1) is 23.3 Å². The largest absolute Gasteiger partial charge is 0.309 e. The third kappa shape index (κ3) is 2.91. The lowest BCUT2D eigenvalue weighted by atomic mass is 10.1.